The molecule has 0 unspecified atom stereocenters. The van der Waals surface area contributed by atoms with Crippen LogP contribution in [-0.4, -0.2) is 142 Å². The molecule has 0 bridgehead atoms. The molecule has 9 amide bonds. The largest absolute Gasteiger partial charge is 0.480 e. The topological polar surface area (TPSA) is 322 Å². The molecule has 2 saturated heterocycles. The molecule has 66 heavy (non-hydrogen) atoms. The summed E-state index contributed by atoms with van der Waals surface area (Å²) in [4.78, 5) is 136. The van der Waals surface area contributed by atoms with Crippen LogP contribution in [0.15, 0.2) is 0 Å². The van der Waals surface area contributed by atoms with Gasteiger partial charge in [-0.25, -0.2) is 4.79 Å². The van der Waals surface area contributed by atoms with Crippen molar-refractivity contribution in [2.24, 2.45) is 41.1 Å². The van der Waals surface area contributed by atoms with Crippen LogP contribution in [-0.2, 0) is 47.9 Å². The summed E-state index contributed by atoms with van der Waals surface area (Å²) < 4.78 is 0. The van der Waals surface area contributed by atoms with Crippen LogP contribution in [0, 0.1) is 29.6 Å². The standard InChI is InChI=1S/C45H78N10O11/c1-22(2)20-29(50-37(57)27(11)48-39(59)31-14-12-18-54(31)44(64)30(21-23(3)4)51-41(61)34(47)24(5)6)43(63)55-19-13-15-32(55)40(60)49-28(16-17-33(46)56)38(58)52-35(25(7)8)42(62)53-36(26(9)10)45(65)66/h22-32,34-36H,12-21,47H2,1-11H3,(H2,46,56)(H,48,59)(H,49,60)(H,50,57)(H,51,61)(H,52,58)(H,53,62)(H,65,66)/t27-,28-,29-,30-,31-,32-,34-,35-,36-/m0/s1. The second kappa shape index (κ2) is 26.1. The fourth-order valence-electron chi connectivity index (χ4n) is 8.00. The van der Waals surface area contributed by atoms with Gasteiger partial charge in [0.1, 0.15) is 48.3 Å². The Morgan fingerprint density at radius 2 is 0.985 bits per heavy atom. The van der Waals surface area contributed by atoms with Gasteiger partial charge in [-0.15, -0.1) is 0 Å². The zero-order chi connectivity index (χ0) is 50.3. The lowest BCUT2D eigenvalue weighted by Gasteiger charge is -2.32. The van der Waals surface area contributed by atoms with Gasteiger partial charge in [0, 0.05) is 19.5 Å². The van der Waals surface area contributed by atoms with Gasteiger partial charge in [-0.3, -0.25) is 43.2 Å². The number of hydrogen-bond acceptors (Lipinski definition) is 11. The van der Waals surface area contributed by atoms with Crippen LogP contribution in [0.4, 0.5) is 0 Å². The van der Waals surface area contributed by atoms with Crippen molar-refractivity contribution in [3.8, 4) is 0 Å². The summed E-state index contributed by atoms with van der Waals surface area (Å²) in [7, 11) is 0. The van der Waals surface area contributed by atoms with E-state index in [0.717, 1.165) is 0 Å². The van der Waals surface area contributed by atoms with Crippen LogP contribution >= 0.6 is 0 Å². The maximum Gasteiger partial charge on any atom is 0.326 e. The molecule has 2 rings (SSSR count). The summed E-state index contributed by atoms with van der Waals surface area (Å²) in [6, 6.07) is -9.80. The van der Waals surface area contributed by atoms with E-state index in [9.17, 15) is 53.1 Å². The van der Waals surface area contributed by atoms with Gasteiger partial charge >= 0.3 is 5.97 Å². The molecule has 2 heterocycles. The molecule has 0 aromatic carbocycles. The number of amides is 9. The number of carbonyl (C=O) groups is 10. The van der Waals surface area contributed by atoms with Gasteiger partial charge in [0.15, 0.2) is 0 Å². The van der Waals surface area contributed by atoms with Crippen LogP contribution in [0.1, 0.15) is 128 Å². The van der Waals surface area contributed by atoms with E-state index in [1.807, 2.05) is 27.7 Å². The highest BCUT2D eigenvalue weighted by molar-refractivity contribution is 5.98. The maximum absolute atomic E-state index is 14.2. The Bertz CT molecular complexity index is 1760. The minimum atomic E-state index is -1.37. The number of nitrogens with zero attached hydrogens (tertiary/aromatic N) is 2. The third-order valence-electron chi connectivity index (χ3n) is 11.9. The number of rotatable bonds is 25. The van der Waals surface area contributed by atoms with Gasteiger partial charge in [-0.05, 0) is 81.5 Å². The van der Waals surface area contributed by atoms with Gasteiger partial charge in [0.2, 0.25) is 53.2 Å². The summed E-state index contributed by atoms with van der Waals surface area (Å²) in [6.45, 7) is 19.5. The Morgan fingerprint density at radius 3 is 1.39 bits per heavy atom. The van der Waals surface area contributed by atoms with Crippen molar-refractivity contribution in [2.75, 3.05) is 13.1 Å². The number of hydrogen-bond donors (Lipinski definition) is 9. The number of likely N-dealkylation sites (tertiary alicyclic amines) is 2. The Balaban J connectivity index is 2.23. The van der Waals surface area contributed by atoms with Crippen LogP contribution in [0.5, 0.6) is 0 Å². The lowest BCUT2D eigenvalue weighted by molar-refractivity contribution is -0.144. The first-order valence-corrected chi connectivity index (χ1v) is 23.4. The second-order valence-corrected chi connectivity index (χ2v) is 19.6. The van der Waals surface area contributed by atoms with Gasteiger partial charge in [0.25, 0.3) is 0 Å². The van der Waals surface area contributed by atoms with Crippen molar-refractivity contribution in [3.05, 3.63) is 0 Å². The molecule has 0 aromatic rings. The fraction of sp³-hybridized carbons (Fsp3) is 0.778. The molecule has 0 aromatic heterocycles. The van der Waals surface area contributed by atoms with Crippen molar-refractivity contribution in [1.29, 1.82) is 0 Å². The zero-order valence-corrected chi connectivity index (χ0v) is 40.7. The summed E-state index contributed by atoms with van der Waals surface area (Å²) in [5, 5.41) is 25.5. The SMILES string of the molecule is CC(C)C[C@H](NC(=O)[C@H](C)NC(=O)[C@@H]1CCCN1C(=O)[C@H](CC(C)C)NC(=O)[C@@H](N)C(C)C)C(=O)N1CCC[C@H]1C(=O)N[C@@H](CCC(N)=O)C(=O)N[C@H](C(=O)N[C@H](C(=O)O)C(C)C)C(C)C. The third-order valence-corrected chi connectivity index (χ3v) is 11.9. The number of carboxylic acid groups (broad SMARTS) is 1. The third kappa shape index (κ3) is 16.8. The average Bonchev–Trinajstić information content (AvgIpc) is 3.92. The minimum absolute atomic E-state index is 0.0348. The molecule has 0 radical (unpaired) electrons. The first-order valence-electron chi connectivity index (χ1n) is 23.4. The zero-order valence-electron chi connectivity index (χ0n) is 40.7. The van der Waals surface area contributed by atoms with Crippen LogP contribution < -0.4 is 43.4 Å². The molecule has 2 aliphatic heterocycles. The number of nitrogens with two attached hydrogens (primary N) is 2. The van der Waals surface area contributed by atoms with Gasteiger partial charge in [0.05, 0.1) is 6.04 Å². The quantitative estimate of drug-likeness (QED) is 0.0567. The highest BCUT2D eigenvalue weighted by Gasteiger charge is 2.42. The Kier molecular flexibility index (Phi) is 22.5. The van der Waals surface area contributed by atoms with E-state index >= 15 is 0 Å². The number of carboxylic acids is 1. The van der Waals surface area contributed by atoms with Crippen molar-refractivity contribution < 1.29 is 53.1 Å². The first-order chi connectivity index (χ1) is 30.7. The summed E-state index contributed by atoms with van der Waals surface area (Å²) >= 11 is 0. The summed E-state index contributed by atoms with van der Waals surface area (Å²) in [6.07, 6.45) is 1.42. The summed E-state index contributed by atoms with van der Waals surface area (Å²) in [5.41, 5.74) is 11.4. The summed E-state index contributed by atoms with van der Waals surface area (Å²) in [5.74, 6) is -8.23. The van der Waals surface area contributed by atoms with E-state index in [1.54, 1.807) is 41.5 Å². The molecule has 21 heteroatoms. The molecule has 2 fully saturated rings. The molecule has 0 aliphatic carbocycles. The predicted octanol–water partition coefficient (Wildman–Crippen LogP) is -0.365. The van der Waals surface area contributed by atoms with Gasteiger partial charge < -0.3 is 58.3 Å². The maximum atomic E-state index is 14.2. The molecular formula is C45H78N10O11. The number of aliphatic carboxylic acids is 1. The first kappa shape index (κ1) is 56.8. The van der Waals surface area contributed by atoms with Crippen LogP contribution in [0.3, 0.4) is 0 Å². The number of nitrogens with one attached hydrogen (secondary N) is 6. The molecule has 0 saturated carbocycles. The van der Waals surface area contributed by atoms with E-state index in [0.29, 0.717) is 25.7 Å². The van der Waals surface area contributed by atoms with Crippen molar-refractivity contribution in [2.45, 2.75) is 182 Å². The molecule has 11 N–H and O–H groups in total. The molecule has 374 valence electrons. The Hall–Kier alpha value is -5.34. The average molecular weight is 935 g/mol. The normalized spacial score (nSPS) is 19.4. The van der Waals surface area contributed by atoms with Gasteiger partial charge in [-0.1, -0.05) is 69.2 Å². The van der Waals surface area contributed by atoms with E-state index in [-0.39, 0.29) is 56.5 Å². The van der Waals surface area contributed by atoms with Crippen molar-refractivity contribution >= 4 is 59.1 Å². The Labute approximate surface area is 389 Å². The highest BCUT2D eigenvalue weighted by Crippen LogP contribution is 2.23. The van der Waals surface area contributed by atoms with Crippen LogP contribution in [0.2, 0.25) is 0 Å². The molecule has 2 aliphatic rings. The van der Waals surface area contributed by atoms with Crippen molar-refractivity contribution in [3.63, 3.8) is 0 Å². The van der Waals surface area contributed by atoms with Gasteiger partial charge in [-0.2, -0.15) is 0 Å². The highest BCUT2D eigenvalue weighted by atomic mass is 16.4. The monoisotopic (exact) mass is 935 g/mol. The lowest BCUT2D eigenvalue weighted by Crippen LogP contribution is -2.60. The lowest BCUT2D eigenvalue weighted by atomic mass is 9.99. The smallest absolute Gasteiger partial charge is 0.326 e. The molecular weight excluding hydrogens is 857 g/mol. The predicted molar refractivity (Wildman–Crippen MR) is 244 cm³/mol. The minimum Gasteiger partial charge on any atom is -0.480 e. The molecule has 9 atom stereocenters. The molecule has 21 nitrogen and oxygen atoms in total. The van der Waals surface area contributed by atoms with E-state index < -0.39 is 125 Å². The van der Waals surface area contributed by atoms with Crippen molar-refractivity contribution in [1.82, 2.24) is 41.7 Å². The number of primary amides is 1. The fourth-order valence-corrected chi connectivity index (χ4v) is 8.00. The van der Waals surface area contributed by atoms with E-state index in [1.165, 1.54) is 16.7 Å². The second-order valence-electron chi connectivity index (χ2n) is 19.6. The molecule has 0 spiro atoms. The van der Waals surface area contributed by atoms with Crippen LogP contribution in [0.25, 0.3) is 0 Å². The number of carbonyl (C=O) groups excluding carboxylic acids is 9. The van der Waals surface area contributed by atoms with E-state index in [4.69, 9.17) is 11.5 Å². The van der Waals surface area contributed by atoms with E-state index in [2.05, 4.69) is 31.9 Å². The Morgan fingerprint density at radius 1 is 0.545 bits per heavy atom.